The predicted octanol–water partition coefficient (Wildman–Crippen LogP) is 1.03. The highest BCUT2D eigenvalue weighted by molar-refractivity contribution is 5.79. The molecule has 0 unspecified atom stereocenters. The first-order chi connectivity index (χ1) is 6.36. The molecule has 0 saturated carbocycles. The van der Waals surface area contributed by atoms with Crippen molar-refractivity contribution in [1.82, 2.24) is 9.99 Å². The largest absolute Gasteiger partial charge is 0.296 e. The number of aromatic nitrogens is 1. The van der Waals surface area contributed by atoms with Crippen molar-refractivity contribution in [3.8, 4) is 0 Å². The number of amides is 1. The maximum absolute atomic E-state index is 11.2. The van der Waals surface area contributed by atoms with Crippen LogP contribution in [0.4, 0.5) is 5.69 Å². The van der Waals surface area contributed by atoms with Gasteiger partial charge in [-0.05, 0) is 18.6 Å². The number of carbonyl (C=O) groups excluding carboxylic acids is 1. The highest BCUT2D eigenvalue weighted by Gasteiger charge is 2.19. The van der Waals surface area contributed by atoms with Gasteiger partial charge in [0.2, 0.25) is 5.91 Å². The first-order valence-corrected chi connectivity index (χ1v) is 4.33. The van der Waals surface area contributed by atoms with Crippen LogP contribution in [0.15, 0.2) is 24.5 Å². The summed E-state index contributed by atoms with van der Waals surface area (Å²) < 4.78 is 0. The molecule has 1 saturated heterocycles. The smallest absolute Gasteiger partial charge is 0.240 e. The van der Waals surface area contributed by atoms with E-state index in [9.17, 15) is 4.79 Å². The number of hydrazine groups is 1. The normalized spacial score (nSPS) is 16.3. The number of nitrogens with one attached hydrogen (secondary N) is 1. The second-order valence-corrected chi connectivity index (χ2v) is 3.00. The van der Waals surface area contributed by atoms with Gasteiger partial charge in [0.05, 0.1) is 5.69 Å². The van der Waals surface area contributed by atoms with Crippen LogP contribution in [0.25, 0.3) is 0 Å². The van der Waals surface area contributed by atoms with Gasteiger partial charge in [0.15, 0.2) is 0 Å². The third-order valence-corrected chi connectivity index (χ3v) is 2.02. The fraction of sp³-hybridized carbons (Fsp3) is 0.333. The highest BCUT2D eigenvalue weighted by Crippen LogP contribution is 2.12. The zero-order valence-electron chi connectivity index (χ0n) is 7.23. The van der Waals surface area contributed by atoms with E-state index in [1.54, 1.807) is 17.4 Å². The zero-order valence-corrected chi connectivity index (χ0v) is 7.23. The molecular weight excluding hydrogens is 166 g/mol. The topological polar surface area (TPSA) is 45.2 Å². The van der Waals surface area contributed by atoms with Gasteiger partial charge in [-0.25, -0.2) is 0 Å². The molecule has 1 fully saturated rings. The van der Waals surface area contributed by atoms with E-state index in [1.807, 2.05) is 12.1 Å². The summed E-state index contributed by atoms with van der Waals surface area (Å²) >= 11 is 0. The summed E-state index contributed by atoms with van der Waals surface area (Å²) in [7, 11) is 0. The zero-order chi connectivity index (χ0) is 9.10. The standard InChI is InChI=1S/C9H11N3O/c13-9-2-1-7-12(9)11-8-3-5-10-6-4-8/h3-6H,1-2,7H2,(H,10,11). The number of nitrogens with zero attached hydrogens (tertiary/aromatic N) is 2. The fourth-order valence-corrected chi connectivity index (χ4v) is 1.35. The van der Waals surface area contributed by atoms with Crippen LogP contribution in [0.3, 0.4) is 0 Å². The van der Waals surface area contributed by atoms with Gasteiger partial charge >= 0.3 is 0 Å². The van der Waals surface area contributed by atoms with E-state index in [2.05, 4.69) is 10.4 Å². The number of rotatable bonds is 2. The number of hydrogen-bond donors (Lipinski definition) is 1. The lowest BCUT2D eigenvalue weighted by atomic mass is 10.4. The Balaban J connectivity index is 2.02. The van der Waals surface area contributed by atoms with Crippen LogP contribution in [-0.2, 0) is 4.79 Å². The molecule has 1 amide bonds. The maximum atomic E-state index is 11.2. The van der Waals surface area contributed by atoms with Gasteiger partial charge in [0, 0.05) is 25.4 Å². The summed E-state index contributed by atoms with van der Waals surface area (Å²) in [4.78, 5) is 15.1. The van der Waals surface area contributed by atoms with Crippen LogP contribution in [0.5, 0.6) is 0 Å². The van der Waals surface area contributed by atoms with Crippen LogP contribution < -0.4 is 5.43 Å². The Morgan fingerprint density at radius 3 is 2.77 bits per heavy atom. The van der Waals surface area contributed by atoms with E-state index < -0.39 is 0 Å². The maximum Gasteiger partial charge on any atom is 0.240 e. The Hall–Kier alpha value is -1.58. The molecule has 2 rings (SSSR count). The van der Waals surface area contributed by atoms with Crippen molar-refractivity contribution in [2.75, 3.05) is 12.0 Å². The van der Waals surface area contributed by atoms with Gasteiger partial charge in [0.1, 0.15) is 0 Å². The molecule has 1 aromatic heterocycles. The van der Waals surface area contributed by atoms with Crippen molar-refractivity contribution in [1.29, 1.82) is 0 Å². The SMILES string of the molecule is O=C1CCCN1Nc1ccncc1. The molecule has 13 heavy (non-hydrogen) atoms. The Bertz CT molecular complexity index is 299. The summed E-state index contributed by atoms with van der Waals surface area (Å²) in [5.74, 6) is 0.164. The first-order valence-electron chi connectivity index (χ1n) is 4.33. The van der Waals surface area contributed by atoms with Crippen molar-refractivity contribution in [3.05, 3.63) is 24.5 Å². The molecule has 68 valence electrons. The van der Waals surface area contributed by atoms with Gasteiger partial charge in [0.25, 0.3) is 0 Å². The van der Waals surface area contributed by atoms with E-state index in [-0.39, 0.29) is 5.91 Å². The summed E-state index contributed by atoms with van der Waals surface area (Å²) in [6.07, 6.45) is 4.99. The molecule has 0 radical (unpaired) electrons. The first kappa shape index (κ1) is 8.04. The Kier molecular flexibility index (Phi) is 2.12. The third-order valence-electron chi connectivity index (χ3n) is 2.02. The van der Waals surface area contributed by atoms with Gasteiger partial charge in [-0.1, -0.05) is 0 Å². The molecule has 1 N–H and O–H groups in total. The van der Waals surface area contributed by atoms with Crippen molar-refractivity contribution in [3.63, 3.8) is 0 Å². The van der Waals surface area contributed by atoms with Crippen molar-refractivity contribution in [2.24, 2.45) is 0 Å². The number of carbonyl (C=O) groups is 1. The lowest BCUT2D eigenvalue weighted by Crippen LogP contribution is -2.30. The Morgan fingerprint density at radius 2 is 2.15 bits per heavy atom. The molecule has 4 heteroatoms. The minimum Gasteiger partial charge on any atom is -0.296 e. The molecular formula is C9H11N3O. The van der Waals surface area contributed by atoms with Crippen molar-refractivity contribution < 1.29 is 4.79 Å². The highest BCUT2D eigenvalue weighted by atomic mass is 16.2. The van der Waals surface area contributed by atoms with Gasteiger partial charge < -0.3 is 0 Å². The van der Waals surface area contributed by atoms with Crippen LogP contribution in [0.1, 0.15) is 12.8 Å². The summed E-state index contributed by atoms with van der Waals surface area (Å²) in [5, 5.41) is 1.65. The number of pyridine rings is 1. The molecule has 0 aliphatic carbocycles. The van der Waals surface area contributed by atoms with Gasteiger partial charge in [-0.2, -0.15) is 0 Å². The molecule has 0 spiro atoms. The fourth-order valence-electron chi connectivity index (χ4n) is 1.35. The van der Waals surface area contributed by atoms with E-state index in [0.717, 1.165) is 18.7 Å². The predicted molar refractivity (Wildman–Crippen MR) is 48.8 cm³/mol. The van der Waals surface area contributed by atoms with E-state index in [4.69, 9.17) is 0 Å². The van der Waals surface area contributed by atoms with Gasteiger partial charge in [-0.3, -0.25) is 20.2 Å². The van der Waals surface area contributed by atoms with E-state index in [0.29, 0.717) is 6.42 Å². The summed E-state index contributed by atoms with van der Waals surface area (Å²) in [6, 6.07) is 3.68. The van der Waals surface area contributed by atoms with E-state index in [1.165, 1.54) is 0 Å². The quantitative estimate of drug-likeness (QED) is 0.733. The van der Waals surface area contributed by atoms with Crippen LogP contribution in [0.2, 0.25) is 0 Å². The lowest BCUT2D eigenvalue weighted by Gasteiger charge is -2.17. The van der Waals surface area contributed by atoms with Crippen molar-refractivity contribution in [2.45, 2.75) is 12.8 Å². The molecule has 4 nitrogen and oxygen atoms in total. The van der Waals surface area contributed by atoms with Gasteiger partial charge in [-0.15, -0.1) is 0 Å². The van der Waals surface area contributed by atoms with Crippen LogP contribution in [0, 0.1) is 0 Å². The van der Waals surface area contributed by atoms with Crippen LogP contribution in [-0.4, -0.2) is 22.4 Å². The monoisotopic (exact) mass is 177 g/mol. The Morgan fingerprint density at radius 1 is 1.38 bits per heavy atom. The molecule has 0 aromatic carbocycles. The second-order valence-electron chi connectivity index (χ2n) is 3.00. The third kappa shape index (κ3) is 1.77. The average Bonchev–Trinajstić information content (AvgIpc) is 2.54. The Labute approximate surface area is 76.5 Å². The summed E-state index contributed by atoms with van der Waals surface area (Å²) in [6.45, 7) is 0.793. The molecule has 1 aromatic rings. The minimum absolute atomic E-state index is 0.164. The second kappa shape index (κ2) is 3.43. The summed E-state index contributed by atoms with van der Waals surface area (Å²) in [5.41, 5.74) is 3.94. The lowest BCUT2D eigenvalue weighted by molar-refractivity contribution is -0.126. The number of hydrogen-bond acceptors (Lipinski definition) is 3. The molecule has 2 heterocycles. The molecule has 1 aliphatic rings. The average molecular weight is 177 g/mol. The van der Waals surface area contributed by atoms with Crippen LogP contribution >= 0.6 is 0 Å². The molecule has 0 bridgehead atoms. The minimum atomic E-state index is 0.164. The van der Waals surface area contributed by atoms with E-state index >= 15 is 0 Å². The number of anilines is 1. The molecule has 0 atom stereocenters. The van der Waals surface area contributed by atoms with Crippen molar-refractivity contribution >= 4 is 11.6 Å². The molecule has 1 aliphatic heterocycles.